The van der Waals surface area contributed by atoms with E-state index >= 15 is 0 Å². The van der Waals surface area contributed by atoms with E-state index < -0.39 is 24.0 Å². The zero-order valence-electron chi connectivity index (χ0n) is 10.6. The van der Waals surface area contributed by atoms with Gasteiger partial charge < -0.3 is 10.5 Å². The first kappa shape index (κ1) is 14.6. The van der Waals surface area contributed by atoms with Gasteiger partial charge in [0.15, 0.2) is 6.10 Å². The fourth-order valence-corrected chi connectivity index (χ4v) is 1.34. The second-order valence-electron chi connectivity index (χ2n) is 4.14. The van der Waals surface area contributed by atoms with Gasteiger partial charge in [0.1, 0.15) is 5.69 Å². The highest BCUT2D eigenvalue weighted by Gasteiger charge is 2.28. The average molecular weight is 265 g/mol. The van der Waals surface area contributed by atoms with Crippen LogP contribution in [-0.4, -0.2) is 29.0 Å². The predicted molar refractivity (Wildman–Crippen MR) is 66.0 cm³/mol. The Kier molecular flexibility index (Phi) is 4.99. The first-order chi connectivity index (χ1) is 8.91. The van der Waals surface area contributed by atoms with Crippen molar-refractivity contribution in [3.63, 3.8) is 0 Å². The number of carbonyl (C=O) groups excluding carboxylic acids is 3. The molecule has 1 atom stereocenters. The Morgan fingerprint density at radius 1 is 1.32 bits per heavy atom. The molecule has 0 fully saturated rings. The maximum atomic E-state index is 11.8. The van der Waals surface area contributed by atoms with Crippen LogP contribution in [-0.2, 0) is 9.53 Å². The molecule has 7 heteroatoms. The van der Waals surface area contributed by atoms with E-state index in [1.54, 1.807) is 26.0 Å². The molecule has 1 aromatic heterocycles. The van der Waals surface area contributed by atoms with Crippen molar-refractivity contribution < 1.29 is 19.1 Å². The second-order valence-corrected chi connectivity index (χ2v) is 4.14. The number of primary amides is 1. The molecule has 0 spiro atoms. The summed E-state index contributed by atoms with van der Waals surface area (Å²) in [6.45, 7) is 3.36. The lowest BCUT2D eigenvalue weighted by Crippen LogP contribution is -2.45. The van der Waals surface area contributed by atoms with Gasteiger partial charge in [-0.3, -0.25) is 10.1 Å². The highest BCUT2D eigenvalue weighted by atomic mass is 16.5. The molecule has 0 aliphatic heterocycles. The highest BCUT2D eigenvalue weighted by Crippen LogP contribution is 2.10. The van der Waals surface area contributed by atoms with Gasteiger partial charge in [0.25, 0.3) is 5.91 Å². The molecule has 0 aromatic carbocycles. The first-order valence-corrected chi connectivity index (χ1v) is 5.64. The Hall–Kier alpha value is -2.44. The van der Waals surface area contributed by atoms with Gasteiger partial charge in [-0.25, -0.2) is 14.6 Å². The van der Waals surface area contributed by atoms with Crippen LogP contribution in [0.25, 0.3) is 0 Å². The number of nitrogens with two attached hydrogens (primary N) is 1. The van der Waals surface area contributed by atoms with Crippen molar-refractivity contribution in [1.82, 2.24) is 10.3 Å². The Labute approximate surface area is 110 Å². The van der Waals surface area contributed by atoms with Gasteiger partial charge in [0.2, 0.25) is 0 Å². The van der Waals surface area contributed by atoms with Gasteiger partial charge in [0.05, 0.1) is 0 Å². The van der Waals surface area contributed by atoms with Crippen LogP contribution in [0.2, 0.25) is 0 Å². The van der Waals surface area contributed by atoms with E-state index in [1.807, 2.05) is 5.32 Å². The summed E-state index contributed by atoms with van der Waals surface area (Å²) in [5.74, 6) is -1.81. The van der Waals surface area contributed by atoms with Gasteiger partial charge in [-0.2, -0.15) is 0 Å². The third-order valence-electron chi connectivity index (χ3n) is 2.22. The maximum Gasteiger partial charge on any atom is 0.357 e. The molecule has 0 bridgehead atoms. The van der Waals surface area contributed by atoms with E-state index in [4.69, 9.17) is 10.5 Å². The van der Waals surface area contributed by atoms with Crippen LogP contribution in [0.5, 0.6) is 0 Å². The van der Waals surface area contributed by atoms with E-state index in [0.29, 0.717) is 0 Å². The van der Waals surface area contributed by atoms with Gasteiger partial charge in [-0.1, -0.05) is 19.9 Å². The Bertz CT molecular complexity index is 473. The summed E-state index contributed by atoms with van der Waals surface area (Å²) in [6.07, 6.45) is 0.326. The van der Waals surface area contributed by atoms with E-state index in [-0.39, 0.29) is 11.6 Å². The number of aromatic nitrogens is 1. The summed E-state index contributed by atoms with van der Waals surface area (Å²) < 4.78 is 5.04. The molecule has 1 rings (SSSR count). The normalized spacial score (nSPS) is 11.7. The molecule has 1 heterocycles. The molecular formula is C12H15N3O4. The summed E-state index contributed by atoms with van der Waals surface area (Å²) in [6, 6.07) is 3.74. The number of nitrogens with one attached hydrogen (secondary N) is 1. The van der Waals surface area contributed by atoms with Crippen molar-refractivity contribution in [3.05, 3.63) is 30.1 Å². The molecule has 19 heavy (non-hydrogen) atoms. The van der Waals surface area contributed by atoms with Crippen LogP contribution in [0, 0.1) is 5.92 Å². The van der Waals surface area contributed by atoms with Crippen LogP contribution in [0.3, 0.4) is 0 Å². The standard InChI is InChI=1S/C12H15N3O4/c1-7(2)9(10(16)15-12(13)18)19-11(17)8-5-3-4-6-14-8/h3-7,9H,1-2H3,(H3,13,15,16,18)/t9-/m1/s1. The lowest BCUT2D eigenvalue weighted by atomic mass is 10.1. The third kappa shape index (κ3) is 4.38. The van der Waals surface area contributed by atoms with Crippen LogP contribution < -0.4 is 11.1 Å². The molecule has 1 aromatic rings. The van der Waals surface area contributed by atoms with Gasteiger partial charge in [-0.15, -0.1) is 0 Å². The van der Waals surface area contributed by atoms with Crippen LogP contribution in [0.15, 0.2) is 24.4 Å². The molecule has 0 aliphatic carbocycles. The van der Waals surface area contributed by atoms with E-state index in [9.17, 15) is 14.4 Å². The highest BCUT2D eigenvalue weighted by molar-refractivity contribution is 5.97. The molecule has 0 unspecified atom stereocenters. The minimum atomic E-state index is -1.11. The number of rotatable bonds is 4. The molecule has 0 saturated carbocycles. The molecule has 0 saturated heterocycles. The summed E-state index contributed by atoms with van der Waals surface area (Å²) >= 11 is 0. The van der Waals surface area contributed by atoms with Gasteiger partial charge >= 0.3 is 12.0 Å². The monoisotopic (exact) mass is 265 g/mol. The second kappa shape index (κ2) is 6.48. The topological polar surface area (TPSA) is 111 Å². The minimum Gasteiger partial charge on any atom is -0.447 e. The van der Waals surface area contributed by atoms with Crippen molar-refractivity contribution in [2.24, 2.45) is 11.7 Å². The number of amides is 3. The molecule has 3 amide bonds. The summed E-state index contributed by atoms with van der Waals surface area (Å²) in [7, 11) is 0. The number of carbonyl (C=O) groups is 3. The quantitative estimate of drug-likeness (QED) is 0.768. The summed E-state index contributed by atoms with van der Waals surface area (Å²) in [4.78, 5) is 37.9. The van der Waals surface area contributed by atoms with Crippen molar-refractivity contribution in [1.29, 1.82) is 0 Å². The van der Waals surface area contributed by atoms with Crippen molar-refractivity contribution in [2.45, 2.75) is 20.0 Å². The fraction of sp³-hybridized carbons (Fsp3) is 0.333. The average Bonchev–Trinajstić information content (AvgIpc) is 2.35. The van der Waals surface area contributed by atoms with E-state index in [1.165, 1.54) is 12.3 Å². The third-order valence-corrected chi connectivity index (χ3v) is 2.22. The largest absolute Gasteiger partial charge is 0.447 e. The Morgan fingerprint density at radius 3 is 2.47 bits per heavy atom. The lowest BCUT2D eigenvalue weighted by molar-refractivity contribution is -0.130. The minimum absolute atomic E-state index is 0.0834. The van der Waals surface area contributed by atoms with E-state index in [0.717, 1.165) is 0 Å². The smallest absolute Gasteiger partial charge is 0.357 e. The first-order valence-electron chi connectivity index (χ1n) is 5.64. The summed E-state index contributed by atoms with van der Waals surface area (Å²) in [5.41, 5.74) is 4.93. The number of hydrogen-bond donors (Lipinski definition) is 2. The zero-order chi connectivity index (χ0) is 14.4. The predicted octanol–water partition coefficient (Wildman–Crippen LogP) is 0.458. The lowest BCUT2D eigenvalue weighted by Gasteiger charge is -2.19. The molecule has 7 nitrogen and oxygen atoms in total. The molecule has 0 radical (unpaired) electrons. The fourth-order valence-electron chi connectivity index (χ4n) is 1.34. The Morgan fingerprint density at radius 2 is 2.00 bits per heavy atom. The van der Waals surface area contributed by atoms with Gasteiger partial charge in [-0.05, 0) is 18.1 Å². The van der Waals surface area contributed by atoms with E-state index in [2.05, 4.69) is 4.98 Å². The van der Waals surface area contributed by atoms with Crippen molar-refractivity contribution in [2.75, 3.05) is 0 Å². The Balaban J connectivity index is 2.77. The molecular weight excluding hydrogens is 250 g/mol. The van der Waals surface area contributed by atoms with Crippen LogP contribution >= 0.6 is 0 Å². The maximum absolute atomic E-state index is 11.8. The van der Waals surface area contributed by atoms with Gasteiger partial charge in [0, 0.05) is 6.20 Å². The number of urea groups is 1. The van der Waals surface area contributed by atoms with Crippen LogP contribution in [0.4, 0.5) is 4.79 Å². The number of nitrogens with zero attached hydrogens (tertiary/aromatic N) is 1. The number of ether oxygens (including phenoxy) is 1. The number of pyridine rings is 1. The summed E-state index contributed by atoms with van der Waals surface area (Å²) in [5, 5.41) is 1.88. The molecule has 0 aliphatic rings. The van der Waals surface area contributed by atoms with Crippen molar-refractivity contribution >= 4 is 17.9 Å². The van der Waals surface area contributed by atoms with Crippen LogP contribution in [0.1, 0.15) is 24.3 Å². The number of hydrogen-bond acceptors (Lipinski definition) is 5. The SMILES string of the molecule is CC(C)[C@@H](OC(=O)c1ccccn1)C(=O)NC(N)=O. The zero-order valence-corrected chi connectivity index (χ0v) is 10.6. The number of imide groups is 1. The van der Waals surface area contributed by atoms with Crippen molar-refractivity contribution in [3.8, 4) is 0 Å². The molecule has 102 valence electrons. The molecule has 3 N–H and O–H groups in total. The number of esters is 1.